The SMILES string of the molecule is Cc1ccc([C@@H](C)NC(=O)Nc2ccccn2)o1. The molecular formula is C13H15N3O2. The third kappa shape index (κ3) is 3.10. The number of nitrogens with zero attached hydrogens (tertiary/aromatic N) is 1. The highest BCUT2D eigenvalue weighted by molar-refractivity contribution is 5.88. The Hall–Kier alpha value is -2.30. The predicted octanol–water partition coefficient (Wildman–Crippen LogP) is 2.87. The number of carbonyl (C=O) groups is 1. The number of aromatic nitrogens is 1. The topological polar surface area (TPSA) is 67.2 Å². The quantitative estimate of drug-likeness (QED) is 0.873. The molecule has 18 heavy (non-hydrogen) atoms. The van der Waals surface area contributed by atoms with Crippen molar-refractivity contribution in [3.05, 3.63) is 48.0 Å². The van der Waals surface area contributed by atoms with Gasteiger partial charge in [0, 0.05) is 6.20 Å². The number of anilines is 1. The van der Waals surface area contributed by atoms with Crippen LogP contribution in [-0.4, -0.2) is 11.0 Å². The molecule has 1 atom stereocenters. The van der Waals surface area contributed by atoms with Gasteiger partial charge < -0.3 is 9.73 Å². The third-order valence-corrected chi connectivity index (χ3v) is 2.44. The van der Waals surface area contributed by atoms with Crippen LogP contribution >= 0.6 is 0 Å². The van der Waals surface area contributed by atoms with E-state index in [1.165, 1.54) is 0 Å². The molecule has 2 amide bonds. The van der Waals surface area contributed by atoms with Crippen LogP contribution in [0.3, 0.4) is 0 Å². The number of rotatable bonds is 3. The van der Waals surface area contributed by atoms with Gasteiger partial charge in [0.25, 0.3) is 0 Å². The van der Waals surface area contributed by atoms with E-state index in [9.17, 15) is 4.79 Å². The van der Waals surface area contributed by atoms with E-state index in [-0.39, 0.29) is 12.1 Å². The van der Waals surface area contributed by atoms with Gasteiger partial charge in [0.05, 0.1) is 6.04 Å². The van der Waals surface area contributed by atoms with Crippen LogP contribution in [0.15, 0.2) is 40.9 Å². The molecule has 0 aliphatic rings. The number of carbonyl (C=O) groups excluding carboxylic acids is 1. The van der Waals surface area contributed by atoms with Crippen LogP contribution in [0.4, 0.5) is 10.6 Å². The molecule has 5 heteroatoms. The van der Waals surface area contributed by atoms with Crippen molar-refractivity contribution in [2.24, 2.45) is 0 Å². The minimum atomic E-state index is -0.310. The zero-order chi connectivity index (χ0) is 13.0. The number of furan rings is 1. The van der Waals surface area contributed by atoms with Gasteiger partial charge in [-0.3, -0.25) is 5.32 Å². The lowest BCUT2D eigenvalue weighted by Crippen LogP contribution is -2.31. The van der Waals surface area contributed by atoms with E-state index in [0.717, 1.165) is 11.5 Å². The van der Waals surface area contributed by atoms with Gasteiger partial charge in [0.15, 0.2) is 0 Å². The molecule has 0 saturated heterocycles. The Morgan fingerprint density at radius 2 is 2.17 bits per heavy atom. The second-order valence-corrected chi connectivity index (χ2v) is 3.98. The summed E-state index contributed by atoms with van der Waals surface area (Å²) in [6, 6.07) is 8.53. The molecule has 0 aromatic carbocycles. The van der Waals surface area contributed by atoms with Crippen molar-refractivity contribution in [2.75, 3.05) is 5.32 Å². The summed E-state index contributed by atoms with van der Waals surface area (Å²) in [6.07, 6.45) is 1.62. The van der Waals surface area contributed by atoms with Gasteiger partial charge in [-0.05, 0) is 38.1 Å². The zero-order valence-electron chi connectivity index (χ0n) is 10.3. The molecule has 0 bridgehead atoms. The summed E-state index contributed by atoms with van der Waals surface area (Å²) in [5.74, 6) is 2.06. The number of hydrogen-bond donors (Lipinski definition) is 2. The molecule has 0 saturated carbocycles. The van der Waals surface area contributed by atoms with Gasteiger partial charge in [-0.15, -0.1) is 0 Å². The summed E-state index contributed by atoms with van der Waals surface area (Å²) in [5.41, 5.74) is 0. The molecule has 2 heterocycles. The van der Waals surface area contributed by atoms with E-state index < -0.39 is 0 Å². The Balaban J connectivity index is 1.92. The Bertz CT molecular complexity index is 522. The number of aryl methyl sites for hydroxylation is 1. The van der Waals surface area contributed by atoms with E-state index in [2.05, 4.69) is 15.6 Å². The van der Waals surface area contributed by atoms with Gasteiger partial charge in [-0.25, -0.2) is 9.78 Å². The fraction of sp³-hybridized carbons (Fsp3) is 0.231. The molecule has 94 valence electrons. The summed E-state index contributed by atoms with van der Waals surface area (Å²) < 4.78 is 5.44. The first kappa shape index (κ1) is 12.2. The second kappa shape index (κ2) is 5.35. The highest BCUT2D eigenvalue weighted by atomic mass is 16.3. The first-order valence-corrected chi connectivity index (χ1v) is 5.70. The fourth-order valence-corrected chi connectivity index (χ4v) is 1.54. The molecular weight excluding hydrogens is 230 g/mol. The van der Waals surface area contributed by atoms with Gasteiger partial charge in [-0.2, -0.15) is 0 Å². The normalized spacial score (nSPS) is 11.9. The van der Waals surface area contributed by atoms with Crippen molar-refractivity contribution < 1.29 is 9.21 Å². The minimum absolute atomic E-state index is 0.192. The zero-order valence-corrected chi connectivity index (χ0v) is 10.3. The number of pyridine rings is 1. The lowest BCUT2D eigenvalue weighted by molar-refractivity contribution is 0.247. The molecule has 0 fully saturated rings. The van der Waals surface area contributed by atoms with Crippen LogP contribution < -0.4 is 10.6 Å². The molecule has 2 N–H and O–H groups in total. The molecule has 5 nitrogen and oxygen atoms in total. The van der Waals surface area contributed by atoms with Crippen LogP contribution in [0, 0.1) is 6.92 Å². The molecule has 2 aromatic rings. The van der Waals surface area contributed by atoms with Crippen molar-refractivity contribution in [1.29, 1.82) is 0 Å². The molecule has 2 aromatic heterocycles. The Labute approximate surface area is 105 Å². The summed E-state index contributed by atoms with van der Waals surface area (Å²) in [5, 5.41) is 5.42. The smallest absolute Gasteiger partial charge is 0.320 e. The van der Waals surface area contributed by atoms with E-state index in [1.807, 2.05) is 32.0 Å². The van der Waals surface area contributed by atoms with E-state index in [1.54, 1.807) is 18.3 Å². The number of urea groups is 1. The van der Waals surface area contributed by atoms with E-state index >= 15 is 0 Å². The minimum Gasteiger partial charge on any atom is -0.464 e. The number of nitrogens with one attached hydrogen (secondary N) is 2. The van der Waals surface area contributed by atoms with Crippen molar-refractivity contribution >= 4 is 11.8 Å². The van der Waals surface area contributed by atoms with Crippen molar-refractivity contribution in [1.82, 2.24) is 10.3 Å². The maximum atomic E-state index is 11.7. The van der Waals surface area contributed by atoms with Crippen molar-refractivity contribution in [3.63, 3.8) is 0 Å². The Morgan fingerprint density at radius 1 is 1.33 bits per heavy atom. The molecule has 0 radical (unpaired) electrons. The summed E-state index contributed by atoms with van der Waals surface area (Å²) in [7, 11) is 0. The van der Waals surface area contributed by atoms with Crippen LogP contribution in [0.25, 0.3) is 0 Å². The monoisotopic (exact) mass is 245 g/mol. The van der Waals surface area contributed by atoms with Gasteiger partial charge in [0.1, 0.15) is 17.3 Å². The average molecular weight is 245 g/mol. The standard InChI is InChI=1S/C13H15N3O2/c1-9-6-7-11(18-9)10(2)15-13(17)16-12-5-3-4-8-14-12/h3-8,10H,1-2H3,(H2,14,15,16,17)/t10-/m1/s1. The number of amides is 2. The fourth-order valence-electron chi connectivity index (χ4n) is 1.54. The van der Waals surface area contributed by atoms with Crippen molar-refractivity contribution in [2.45, 2.75) is 19.9 Å². The molecule has 0 spiro atoms. The summed E-state index contributed by atoms with van der Waals surface area (Å²) in [4.78, 5) is 15.7. The van der Waals surface area contributed by atoms with Crippen LogP contribution in [-0.2, 0) is 0 Å². The first-order valence-electron chi connectivity index (χ1n) is 5.70. The lowest BCUT2D eigenvalue weighted by atomic mass is 10.2. The molecule has 0 aliphatic carbocycles. The molecule has 0 aliphatic heterocycles. The number of hydrogen-bond acceptors (Lipinski definition) is 3. The van der Waals surface area contributed by atoms with E-state index in [4.69, 9.17) is 4.42 Å². The second-order valence-electron chi connectivity index (χ2n) is 3.98. The first-order chi connectivity index (χ1) is 8.65. The van der Waals surface area contributed by atoms with Crippen LogP contribution in [0.2, 0.25) is 0 Å². The third-order valence-electron chi connectivity index (χ3n) is 2.44. The highest BCUT2D eigenvalue weighted by Gasteiger charge is 2.12. The lowest BCUT2D eigenvalue weighted by Gasteiger charge is -2.12. The molecule has 2 rings (SSSR count). The summed E-state index contributed by atoms with van der Waals surface area (Å²) in [6.45, 7) is 3.72. The van der Waals surface area contributed by atoms with Crippen molar-refractivity contribution in [3.8, 4) is 0 Å². The predicted molar refractivity (Wildman–Crippen MR) is 68.3 cm³/mol. The summed E-state index contributed by atoms with van der Waals surface area (Å²) >= 11 is 0. The van der Waals surface area contributed by atoms with Crippen LogP contribution in [0.5, 0.6) is 0 Å². The van der Waals surface area contributed by atoms with Crippen LogP contribution in [0.1, 0.15) is 24.5 Å². The highest BCUT2D eigenvalue weighted by Crippen LogP contribution is 2.15. The Kier molecular flexibility index (Phi) is 3.62. The molecule has 0 unspecified atom stereocenters. The van der Waals surface area contributed by atoms with Gasteiger partial charge >= 0.3 is 6.03 Å². The maximum absolute atomic E-state index is 11.7. The maximum Gasteiger partial charge on any atom is 0.320 e. The average Bonchev–Trinajstić information content (AvgIpc) is 2.77. The van der Waals surface area contributed by atoms with Gasteiger partial charge in [0.2, 0.25) is 0 Å². The Morgan fingerprint density at radius 3 is 2.78 bits per heavy atom. The van der Waals surface area contributed by atoms with E-state index in [0.29, 0.717) is 5.82 Å². The largest absolute Gasteiger partial charge is 0.464 e. The van der Waals surface area contributed by atoms with Gasteiger partial charge in [-0.1, -0.05) is 6.07 Å².